The smallest absolute Gasteiger partial charge is 0.213 e. The molecule has 0 aromatic heterocycles. The number of methoxy groups -OCH3 is 1. The SMILES string of the molecule is COc1ccc([C@@H]2Oc3c(Cl)cc(Cl)cc3[C@@H]3CC(c4ccc5ccccc5c4)=NN32)cc1. The third-order valence-electron chi connectivity index (χ3n) is 6.29. The molecule has 0 amide bonds. The number of nitrogens with zero attached hydrogens (tertiary/aromatic N) is 2. The highest BCUT2D eigenvalue weighted by atomic mass is 35.5. The number of ether oxygens (including phenoxy) is 2. The van der Waals surface area contributed by atoms with Gasteiger partial charge in [-0.1, -0.05) is 59.6 Å². The van der Waals surface area contributed by atoms with Gasteiger partial charge >= 0.3 is 0 Å². The highest BCUT2D eigenvalue weighted by molar-refractivity contribution is 6.35. The van der Waals surface area contributed by atoms with Crippen molar-refractivity contribution in [3.05, 3.63) is 106 Å². The second-order valence-electron chi connectivity index (χ2n) is 8.26. The van der Waals surface area contributed by atoms with Gasteiger partial charge < -0.3 is 9.47 Å². The zero-order chi connectivity index (χ0) is 22.5. The molecule has 164 valence electrons. The van der Waals surface area contributed by atoms with Gasteiger partial charge in [0.1, 0.15) is 11.5 Å². The monoisotopic (exact) mass is 474 g/mol. The quantitative estimate of drug-likeness (QED) is 0.310. The molecular weight excluding hydrogens is 455 g/mol. The average Bonchev–Trinajstić information content (AvgIpc) is 3.29. The molecule has 0 aliphatic carbocycles. The van der Waals surface area contributed by atoms with Crippen molar-refractivity contribution in [1.82, 2.24) is 5.01 Å². The van der Waals surface area contributed by atoms with E-state index in [4.69, 9.17) is 37.8 Å². The lowest BCUT2D eigenvalue weighted by Crippen LogP contribution is -2.33. The van der Waals surface area contributed by atoms with Crippen molar-refractivity contribution < 1.29 is 9.47 Å². The summed E-state index contributed by atoms with van der Waals surface area (Å²) in [6.07, 6.45) is 0.322. The van der Waals surface area contributed by atoms with Crippen molar-refractivity contribution in [3.8, 4) is 11.5 Å². The minimum Gasteiger partial charge on any atom is -0.497 e. The standard InChI is InChI=1S/C27H20Cl2N2O2/c1-32-21-10-8-17(9-11-21)27-31-25(22-13-20(28)14-23(29)26(22)33-27)15-24(30-31)19-7-6-16-4-2-3-5-18(16)12-19/h2-14,25,27H,15H2,1H3/t25-,27-/m0/s1. The second kappa shape index (κ2) is 7.98. The lowest BCUT2D eigenvalue weighted by atomic mass is 9.95. The Bertz CT molecular complexity index is 1400. The van der Waals surface area contributed by atoms with Crippen LogP contribution >= 0.6 is 23.2 Å². The van der Waals surface area contributed by atoms with E-state index in [0.717, 1.165) is 34.6 Å². The topological polar surface area (TPSA) is 34.1 Å². The van der Waals surface area contributed by atoms with Crippen molar-refractivity contribution >= 4 is 39.7 Å². The third-order valence-corrected chi connectivity index (χ3v) is 6.79. The lowest BCUT2D eigenvalue weighted by Gasteiger charge is -2.38. The molecule has 4 aromatic carbocycles. The molecule has 6 heteroatoms. The van der Waals surface area contributed by atoms with E-state index < -0.39 is 6.23 Å². The van der Waals surface area contributed by atoms with Crippen LogP contribution in [0.25, 0.3) is 10.8 Å². The molecule has 4 aromatic rings. The molecule has 0 radical (unpaired) electrons. The summed E-state index contributed by atoms with van der Waals surface area (Å²) in [6, 6.07) is 26.3. The van der Waals surface area contributed by atoms with Crippen LogP contribution in [0.1, 0.15) is 35.4 Å². The minimum absolute atomic E-state index is 0.0291. The Balaban J connectivity index is 1.46. The Morgan fingerprint density at radius 1 is 0.939 bits per heavy atom. The number of benzene rings is 4. The number of hydrazone groups is 1. The summed E-state index contributed by atoms with van der Waals surface area (Å²) in [4.78, 5) is 0. The molecule has 0 N–H and O–H groups in total. The van der Waals surface area contributed by atoms with E-state index in [0.29, 0.717) is 15.8 Å². The maximum absolute atomic E-state index is 6.57. The molecular formula is C27H20Cl2N2O2. The molecule has 6 rings (SSSR count). The largest absolute Gasteiger partial charge is 0.497 e. The van der Waals surface area contributed by atoms with Crippen LogP contribution in [0, 0.1) is 0 Å². The van der Waals surface area contributed by atoms with E-state index in [2.05, 4.69) is 42.5 Å². The summed E-state index contributed by atoms with van der Waals surface area (Å²) < 4.78 is 11.8. The van der Waals surface area contributed by atoms with Gasteiger partial charge in [-0.25, -0.2) is 5.01 Å². The summed E-state index contributed by atoms with van der Waals surface area (Å²) in [5, 5.41) is 10.6. The Kier molecular flexibility index (Phi) is 4.93. The van der Waals surface area contributed by atoms with Gasteiger partial charge in [0, 0.05) is 22.6 Å². The van der Waals surface area contributed by atoms with E-state index in [1.807, 2.05) is 35.3 Å². The van der Waals surface area contributed by atoms with Gasteiger partial charge in [0.15, 0.2) is 0 Å². The lowest BCUT2D eigenvalue weighted by molar-refractivity contribution is -0.0189. The van der Waals surface area contributed by atoms with Gasteiger partial charge in [-0.15, -0.1) is 0 Å². The minimum atomic E-state index is -0.412. The molecule has 2 atom stereocenters. The number of fused-ring (bicyclic) bond motifs is 4. The molecule has 4 nitrogen and oxygen atoms in total. The molecule has 0 fully saturated rings. The molecule has 2 aliphatic rings. The molecule has 2 aliphatic heterocycles. The number of hydrogen-bond donors (Lipinski definition) is 0. The highest BCUT2D eigenvalue weighted by Gasteiger charge is 2.42. The first-order valence-corrected chi connectivity index (χ1v) is 11.5. The molecule has 2 heterocycles. The molecule has 0 saturated heterocycles. The van der Waals surface area contributed by atoms with Crippen LogP contribution < -0.4 is 9.47 Å². The number of hydrogen-bond acceptors (Lipinski definition) is 4. The maximum atomic E-state index is 6.57. The van der Waals surface area contributed by atoms with Gasteiger partial charge in [-0.2, -0.15) is 5.10 Å². The van der Waals surface area contributed by atoms with Crippen LogP contribution in [0.5, 0.6) is 11.5 Å². The third kappa shape index (κ3) is 3.50. The second-order valence-corrected chi connectivity index (χ2v) is 9.10. The average molecular weight is 475 g/mol. The van der Waals surface area contributed by atoms with Crippen molar-refractivity contribution in [3.63, 3.8) is 0 Å². The van der Waals surface area contributed by atoms with Crippen LogP contribution in [-0.4, -0.2) is 17.8 Å². The maximum Gasteiger partial charge on any atom is 0.213 e. The van der Waals surface area contributed by atoms with Crippen molar-refractivity contribution in [2.45, 2.75) is 18.7 Å². The first-order chi connectivity index (χ1) is 16.1. The van der Waals surface area contributed by atoms with E-state index in [9.17, 15) is 0 Å². The van der Waals surface area contributed by atoms with Crippen LogP contribution in [0.2, 0.25) is 10.0 Å². The molecule has 0 spiro atoms. The van der Waals surface area contributed by atoms with Gasteiger partial charge in [0.05, 0.1) is 23.9 Å². The zero-order valence-electron chi connectivity index (χ0n) is 17.8. The van der Waals surface area contributed by atoms with Crippen LogP contribution in [0.15, 0.2) is 84.0 Å². The predicted octanol–water partition coefficient (Wildman–Crippen LogP) is 7.40. The first-order valence-electron chi connectivity index (χ1n) is 10.8. The Hall–Kier alpha value is -3.21. The van der Waals surface area contributed by atoms with Gasteiger partial charge in [0.25, 0.3) is 0 Å². The van der Waals surface area contributed by atoms with Crippen molar-refractivity contribution in [2.75, 3.05) is 7.11 Å². The fourth-order valence-electron chi connectivity index (χ4n) is 4.65. The highest BCUT2D eigenvalue weighted by Crippen LogP contribution is 2.51. The summed E-state index contributed by atoms with van der Waals surface area (Å²) in [5.41, 5.74) is 4.04. The van der Waals surface area contributed by atoms with Gasteiger partial charge in [-0.05, 0) is 58.8 Å². The van der Waals surface area contributed by atoms with Crippen molar-refractivity contribution in [2.24, 2.45) is 5.10 Å². The number of rotatable bonds is 3. The van der Waals surface area contributed by atoms with Crippen LogP contribution in [-0.2, 0) is 0 Å². The zero-order valence-corrected chi connectivity index (χ0v) is 19.3. The molecule has 0 bridgehead atoms. The van der Waals surface area contributed by atoms with E-state index in [-0.39, 0.29) is 6.04 Å². The Morgan fingerprint density at radius 3 is 2.52 bits per heavy atom. The van der Waals surface area contributed by atoms with Gasteiger partial charge in [0.2, 0.25) is 6.23 Å². The molecule has 0 saturated carbocycles. The first kappa shape index (κ1) is 20.4. The normalized spacial score (nSPS) is 19.0. The van der Waals surface area contributed by atoms with Crippen molar-refractivity contribution in [1.29, 1.82) is 0 Å². The fraction of sp³-hybridized carbons (Fsp3) is 0.148. The summed E-state index contributed by atoms with van der Waals surface area (Å²) in [5.74, 6) is 1.45. The van der Waals surface area contributed by atoms with E-state index >= 15 is 0 Å². The predicted molar refractivity (Wildman–Crippen MR) is 133 cm³/mol. The summed E-state index contributed by atoms with van der Waals surface area (Å²) in [7, 11) is 1.66. The van der Waals surface area contributed by atoms with E-state index in [1.165, 1.54) is 10.8 Å². The van der Waals surface area contributed by atoms with E-state index in [1.54, 1.807) is 13.2 Å². The van der Waals surface area contributed by atoms with Crippen LogP contribution in [0.3, 0.4) is 0 Å². The Labute approximate surface area is 201 Å². The van der Waals surface area contributed by atoms with Gasteiger partial charge in [-0.3, -0.25) is 0 Å². The summed E-state index contributed by atoms with van der Waals surface area (Å²) in [6.45, 7) is 0. The fourth-order valence-corrected chi connectivity index (χ4v) is 5.20. The van der Waals surface area contributed by atoms with Crippen LogP contribution in [0.4, 0.5) is 0 Å². The summed E-state index contributed by atoms with van der Waals surface area (Å²) >= 11 is 12.9. The number of halogens is 2. The molecule has 33 heavy (non-hydrogen) atoms. The molecule has 0 unspecified atom stereocenters. The Morgan fingerprint density at radius 2 is 1.73 bits per heavy atom.